The summed E-state index contributed by atoms with van der Waals surface area (Å²) in [7, 11) is 0. The van der Waals surface area contributed by atoms with Crippen LogP contribution in [0, 0.1) is 0 Å². The molecule has 0 radical (unpaired) electrons. The van der Waals surface area contributed by atoms with E-state index in [9.17, 15) is 0 Å². The monoisotopic (exact) mass is 575 g/mol. The van der Waals surface area contributed by atoms with Gasteiger partial charge in [-0.3, -0.25) is 4.98 Å². The van der Waals surface area contributed by atoms with Gasteiger partial charge in [-0.05, 0) is 46.2 Å². The minimum absolute atomic E-state index is 0.0776. The number of rotatable bonds is 0. The van der Waals surface area contributed by atoms with Crippen LogP contribution in [-0.2, 0) is 32.5 Å². The predicted octanol–water partition coefficient (Wildman–Crippen LogP) is 9.82. The maximum Gasteiger partial charge on any atom is 0.115 e. The van der Waals surface area contributed by atoms with E-state index < -0.39 is 0 Å². The Morgan fingerprint density at radius 2 is 0.786 bits per heavy atom. The first-order valence-corrected chi connectivity index (χ1v) is 15.3. The van der Waals surface area contributed by atoms with E-state index in [4.69, 9.17) is 0 Å². The third-order valence-electron chi connectivity index (χ3n) is 6.89. The average molecular weight is 576 g/mol. The quantitative estimate of drug-likeness (QED) is 0.267. The van der Waals surface area contributed by atoms with Crippen LogP contribution in [0.4, 0.5) is 0 Å². The van der Waals surface area contributed by atoms with E-state index in [-0.39, 0.29) is 32.5 Å². The van der Waals surface area contributed by atoms with Gasteiger partial charge in [-0.25, -0.2) is 9.97 Å². The van der Waals surface area contributed by atoms with Crippen LogP contribution in [0.1, 0.15) is 159 Å². The van der Waals surface area contributed by atoms with Crippen molar-refractivity contribution in [3.05, 3.63) is 76.9 Å². The molecule has 3 aromatic rings. The molecule has 3 aromatic heterocycles. The largest absolute Gasteiger partial charge is 0.261 e. The van der Waals surface area contributed by atoms with Crippen LogP contribution in [-0.4, -0.2) is 25.1 Å². The zero-order chi connectivity index (χ0) is 32.9. The maximum atomic E-state index is 4.42. The van der Waals surface area contributed by atoms with Gasteiger partial charge in [-0.1, -0.05) is 125 Å². The highest BCUT2D eigenvalue weighted by molar-refractivity contribution is 5.27. The Morgan fingerprint density at radius 3 is 1.17 bits per heavy atom. The van der Waals surface area contributed by atoms with Crippen molar-refractivity contribution in [3.8, 4) is 0 Å². The van der Waals surface area contributed by atoms with E-state index in [1.165, 1.54) is 16.8 Å². The fourth-order valence-electron chi connectivity index (χ4n) is 3.63. The molecule has 0 amide bonds. The summed E-state index contributed by atoms with van der Waals surface area (Å²) >= 11 is 0. The van der Waals surface area contributed by atoms with E-state index in [0.29, 0.717) is 0 Å². The van der Waals surface area contributed by atoms with Crippen molar-refractivity contribution >= 4 is 0 Å². The van der Waals surface area contributed by atoms with Gasteiger partial charge in [0.15, 0.2) is 0 Å². The Hall–Kier alpha value is -2.69. The fraction of sp³-hybridized carbons (Fsp3) is 0.649. The lowest BCUT2D eigenvalue weighted by atomic mass is 9.84. The maximum absolute atomic E-state index is 4.42. The molecule has 5 nitrogen and oxygen atoms in total. The van der Waals surface area contributed by atoms with Crippen molar-refractivity contribution in [3.63, 3.8) is 0 Å². The summed E-state index contributed by atoms with van der Waals surface area (Å²) < 4.78 is 0. The van der Waals surface area contributed by atoms with Gasteiger partial charge >= 0.3 is 0 Å². The van der Waals surface area contributed by atoms with Gasteiger partial charge in [-0.15, -0.1) is 0 Å². The summed E-state index contributed by atoms with van der Waals surface area (Å²) in [6.07, 6.45) is 5.44. The highest BCUT2D eigenvalue weighted by Gasteiger charge is 2.22. The SMILES string of the molecule is CC(C)(C)c1cc(C(C)(C)C)ncn1.CC(C)(C)c1ccnc(C(C)(C)C)c1.CC(C)(C)c1cnnc(C(C)(C)C)c1. The second kappa shape index (κ2) is 13.3. The molecule has 3 heterocycles. The third kappa shape index (κ3) is 12.3. The summed E-state index contributed by atoms with van der Waals surface area (Å²) in [5, 5.41) is 8.24. The van der Waals surface area contributed by atoms with E-state index in [2.05, 4.69) is 174 Å². The number of hydrogen-bond donors (Lipinski definition) is 0. The lowest BCUT2D eigenvalue weighted by Crippen LogP contribution is -2.19. The molecule has 234 valence electrons. The molecule has 0 bridgehead atoms. The molecule has 3 rings (SSSR count). The first-order valence-electron chi connectivity index (χ1n) is 15.3. The number of aromatic nitrogens is 5. The number of nitrogens with zero attached hydrogens (tertiary/aromatic N) is 5. The summed E-state index contributed by atoms with van der Waals surface area (Å²) in [6, 6.07) is 8.60. The molecule has 0 aromatic carbocycles. The topological polar surface area (TPSA) is 64.5 Å². The summed E-state index contributed by atoms with van der Waals surface area (Å²) in [4.78, 5) is 13.1. The fourth-order valence-corrected chi connectivity index (χ4v) is 3.63. The lowest BCUT2D eigenvalue weighted by Gasteiger charge is -2.23. The van der Waals surface area contributed by atoms with Gasteiger partial charge < -0.3 is 0 Å². The third-order valence-corrected chi connectivity index (χ3v) is 6.89. The molecule has 0 fully saturated rings. The minimum atomic E-state index is 0.0776. The van der Waals surface area contributed by atoms with Gasteiger partial charge in [0, 0.05) is 44.9 Å². The van der Waals surface area contributed by atoms with Crippen LogP contribution in [0.5, 0.6) is 0 Å². The standard InChI is InChI=1S/C13H21N.2C12H20N2/c1-12(2,3)10-7-8-14-11(9-10)13(4,5)6;1-11(2,3)9-7-10(12(4,5)6)14-8-13-9;1-11(2,3)9-7-10(12(4,5)6)14-13-8-9/h7-9H,1-6H3;2*7-8H,1-6H3. The molecule has 5 heteroatoms. The van der Waals surface area contributed by atoms with Gasteiger partial charge in [0.1, 0.15) is 6.33 Å². The molecular weight excluding hydrogens is 514 g/mol. The highest BCUT2D eigenvalue weighted by Crippen LogP contribution is 2.28. The zero-order valence-electron chi connectivity index (χ0n) is 30.3. The summed E-state index contributed by atoms with van der Waals surface area (Å²) in [5.74, 6) is 0. The van der Waals surface area contributed by atoms with E-state index in [0.717, 1.165) is 17.1 Å². The van der Waals surface area contributed by atoms with Gasteiger partial charge in [0.2, 0.25) is 0 Å². The molecule has 0 aliphatic rings. The summed E-state index contributed by atoms with van der Waals surface area (Å²) in [6.45, 7) is 39.3. The van der Waals surface area contributed by atoms with Crippen molar-refractivity contribution in [1.82, 2.24) is 25.1 Å². The van der Waals surface area contributed by atoms with Crippen LogP contribution < -0.4 is 0 Å². The Balaban J connectivity index is 0.000000315. The van der Waals surface area contributed by atoms with E-state index in [1.54, 1.807) is 6.33 Å². The molecule has 0 aliphatic carbocycles. The molecule has 42 heavy (non-hydrogen) atoms. The average Bonchev–Trinajstić information content (AvgIpc) is 2.82. The second-order valence-corrected chi connectivity index (χ2v) is 17.5. The van der Waals surface area contributed by atoms with Crippen LogP contribution in [0.25, 0.3) is 0 Å². The Bertz CT molecular complexity index is 1020. The highest BCUT2D eigenvalue weighted by atomic mass is 15.1. The van der Waals surface area contributed by atoms with Crippen molar-refractivity contribution in [2.24, 2.45) is 0 Å². The van der Waals surface area contributed by atoms with Crippen molar-refractivity contribution in [1.29, 1.82) is 0 Å². The Morgan fingerprint density at radius 1 is 0.405 bits per heavy atom. The van der Waals surface area contributed by atoms with Gasteiger partial charge in [-0.2, -0.15) is 10.2 Å². The molecule has 0 saturated carbocycles. The molecular formula is C37H61N5. The lowest BCUT2D eigenvalue weighted by molar-refractivity contribution is 0.537. The van der Waals surface area contributed by atoms with Gasteiger partial charge in [0.05, 0.1) is 11.9 Å². The zero-order valence-corrected chi connectivity index (χ0v) is 30.3. The molecule has 0 saturated heterocycles. The van der Waals surface area contributed by atoms with Crippen molar-refractivity contribution in [2.75, 3.05) is 0 Å². The summed E-state index contributed by atoms with van der Waals surface area (Å²) in [5.41, 5.74) is 7.83. The first-order chi connectivity index (χ1) is 18.6. The normalized spacial score (nSPS) is 13.0. The van der Waals surface area contributed by atoms with Crippen LogP contribution >= 0.6 is 0 Å². The number of pyridine rings is 1. The first kappa shape index (κ1) is 37.3. The van der Waals surface area contributed by atoms with E-state index in [1.807, 2.05) is 12.4 Å². The van der Waals surface area contributed by atoms with Crippen molar-refractivity contribution in [2.45, 2.75) is 157 Å². The van der Waals surface area contributed by atoms with Crippen LogP contribution in [0.3, 0.4) is 0 Å². The Labute approximate surface area is 258 Å². The molecule has 0 atom stereocenters. The van der Waals surface area contributed by atoms with Crippen molar-refractivity contribution < 1.29 is 0 Å². The number of hydrogen-bond acceptors (Lipinski definition) is 5. The molecule has 0 N–H and O–H groups in total. The predicted molar refractivity (Wildman–Crippen MR) is 181 cm³/mol. The second-order valence-electron chi connectivity index (χ2n) is 17.5. The molecule has 0 aliphatic heterocycles. The smallest absolute Gasteiger partial charge is 0.115 e. The molecule has 0 unspecified atom stereocenters. The minimum Gasteiger partial charge on any atom is -0.261 e. The van der Waals surface area contributed by atoms with Gasteiger partial charge in [0.25, 0.3) is 0 Å². The van der Waals surface area contributed by atoms with E-state index >= 15 is 0 Å². The van der Waals surface area contributed by atoms with Crippen LogP contribution in [0.15, 0.2) is 43.0 Å². The Kier molecular flexibility index (Phi) is 11.8. The molecule has 0 spiro atoms. The van der Waals surface area contributed by atoms with Crippen LogP contribution in [0.2, 0.25) is 0 Å².